The average Bonchev–Trinajstić information content (AvgIpc) is 2.34. The Bertz CT molecular complexity index is 306. The molecule has 1 aromatic rings. The van der Waals surface area contributed by atoms with Gasteiger partial charge in [0.15, 0.2) is 0 Å². The minimum atomic E-state index is 0.587. The van der Waals surface area contributed by atoms with E-state index in [9.17, 15) is 0 Å². The first-order valence-corrected chi connectivity index (χ1v) is 5.63. The highest BCUT2D eigenvalue weighted by Crippen LogP contribution is 2.12. The van der Waals surface area contributed by atoms with Crippen molar-refractivity contribution in [3.8, 4) is 5.88 Å². The van der Waals surface area contributed by atoms with Gasteiger partial charge in [-0.1, -0.05) is 13.3 Å². The molecule has 0 amide bonds. The molecule has 0 bridgehead atoms. The van der Waals surface area contributed by atoms with Crippen LogP contribution >= 0.6 is 0 Å². The Kier molecular flexibility index (Phi) is 5.56. The van der Waals surface area contributed by atoms with Gasteiger partial charge in [0.2, 0.25) is 11.8 Å². The maximum atomic E-state index is 5.58. The van der Waals surface area contributed by atoms with Crippen LogP contribution in [0.3, 0.4) is 0 Å². The molecule has 0 aromatic carbocycles. The molecule has 1 aromatic heterocycles. The first-order chi connectivity index (χ1) is 7.81. The van der Waals surface area contributed by atoms with Crippen LogP contribution in [0.25, 0.3) is 0 Å². The van der Waals surface area contributed by atoms with Gasteiger partial charge in [-0.15, -0.1) is 0 Å². The summed E-state index contributed by atoms with van der Waals surface area (Å²) in [6, 6.07) is 1.74. The summed E-state index contributed by atoms with van der Waals surface area (Å²) >= 11 is 0. The van der Waals surface area contributed by atoms with Crippen LogP contribution < -0.4 is 15.4 Å². The van der Waals surface area contributed by atoms with E-state index in [1.165, 1.54) is 0 Å². The second-order valence-corrected chi connectivity index (χ2v) is 3.53. The fraction of sp³-hybridized carbons (Fsp3) is 0.636. The number of unbranched alkanes of at least 4 members (excludes halogenated alkanes) is 1. The standard InChI is InChI=1S/C11H20N4O/c1-3-4-8-15(9-6-12)11-13-7-5-10(14-11)16-2/h5,7H,3-4,6,8-9,12H2,1-2H3. The molecule has 0 aliphatic heterocycles. The molecule has 2 N–H and O–H groups in total. The summed E-state index contributed by atoms with van der Waals surface area (Å²) in [6.45, 7) is 4.46. The van der Waals surface area contributed by atoms with Gasteiger partial charge in [0, 0.05) is 31.9 Å². The number of methoxy groups -OCH3 is 1. The molecule has 0 aliphatic carbocycles. The lowest BCUT2D eigenvalue weighted by atomic mass is 10.3. The highest BCUT2D eigenvalue weighted by atomic mass is 16.5. The summed E-state index contributed by atoms with van der Waals surface area (Å²) in [6.07, 6.45) is 3.96. The molecule has 0 atom stereocenters. The lowest BCUT2D eigenvalue weighted by Gasteiger charge is -2.21. The van der Waals surface area contributed by atoms with Crippen LogP contribution in [-0.2, 0) is 0 Å². The molecule has 0 aliphatic rings. The Hall–Kier alpha value is -1.36. The van der Waals surface area contributed by atoms with Gasteiger partial charge in [-0.05, 0) is 6.42 Å². The minimum absolute atomic E-state index is 0.587. The van der Waals surface area contributed by atoms with E-state index in [-0.39, 0.29) is 0 Å². The second kappa shape index (κ2) is 7.00. The molecule has 1 heterocycles. The average molecular weight is 224 g/mol. The summed E-state index contributed by atoms with van der Waals surface area (Å²) in [7, 11) is 1.60. The quantitative estimate of drug-likeness (QED) is 0.750. The van der Waals surface area contributed by atoms with Crippen molar-refractivity contribution in [2.45, 2.75) is 19.8 Å². The van der Waals surface area contributed by atoms with Gasteiger partial charge in [-0.3, -0.25) is 0 Å². The third-order valence-electron chi connectivity index (χ3n) is 2.29. The van der Waals surface area contributed by atoms with Crippen molar-refractivity contribution in [3.05, 3.63) is 12.3 Å². The number of nitrogens with two attached hydrogens (primary N) is 1. The fourth-order valence-electron chi connectivity index (χ4n) is 1.42. The van der Waals surface area contributed by atoms with Crippen LogP contribution in [0.4, 0.5) is 5.95 Å². The number of hydrogen-bond acceptors (Lipinski definition) is 5. The third-order valence-corrected chi connectivity index (χ3v) is 2.29. The van der Waals surface area contributed by atoms with Gasteiger partial charge in [-0.2, -0.15) is 4.98 Å². The van der Waals surface area contributed by atoms with Gasteiger partial charge in [0.1, 0.15) is 0 Å². The highest BCUT2D eigenvalue weighted by Gasteiger charge is 2.08. The van der Waals surface area contributed by atoms with E-state index in [0.717, 1.165) is 25.9 Å². The van der Waals surface area contributed by atoms with E-state index in [2.05, 4.69) is 21.8 Å². The van der Waals surface area contributed by atoms with Crippen LogP contribution in [0, 0.1) is 0 Å². The summed E-state index contributed by atoms with van der Waals surface area (Å²) < 4.78 is 5.08. The number of ether oxygens (including phenoxy) is 1. The predicted molar refractivity (Wildman–Crippen MR) is 64.8 cm³/mol. The Morgan fingerprint density at radius 2 is 2.25 bits per heavy atom. The van der Waals surface area contributed by atoms with Crippen LogP contribution in [0.5, 0.6) is 5.88 Å². The van der Waals surface area contributed by atoms with Crippen LogP contribution in [0.1, 0.15) is 19.8 Å². The fourth-order valence-corrected chi connectivity index (χ4v) is 1.42. The van der Waals surface area contributed by atoms with Crippen LogP contribution in [-0.4, -0.2) is 36.7 Å². The Balaban J connectivity index is 2.73. The zero-order valence-electron chi connectivity index (χ0n) is 10.0. The van der Waals surface area contributed by atoms with Gasteiger partial charge < -0.3 is 15.4 Å². The molecule has 0 saturated heterocycles. The maximum Gasteiger partial charge on any atom is 0.228 e. The van der Waals surface area contributed by atoms with Gasteiger partial charge in [0.05, 0.1) is 7.11 Å². The molecular weight excluding hydrogens is 204 g/mol. The van der Waals surface area contributed by atoms with Crippen molar-refractivity contribution in [3.63, 3.8) is 0 Å². The van der Waals surface area contributed by atoms with Crippen molar-refractivity contribution >= 4 is 5.95 Å². The van der Waals surface area contributed by atoms with E-state index in [0.29, 0.717) is 18.4 Å². The molecule has 0 spiro atoms. The van der Waals surface area contributed by atoms with Crippen molar-refractivity contribution in [1.82, 2.24) is 9.97 Å². The molecule has 5 nitrogen and oxygen atoms in total. The number of anilines is 1. The molecule has 0 fully saturated rings. The number of hydrogen-bond donors (Lipinski definition) is 1. The van der Waals surface area contributed by atoms with Crippen LogP contribution in [0.2, 0.25) is 0 Å². The Labute approximate surface area is 96.6 Å². The SMILES string of the molecule is CCCCN(CCN)c1nccc(OC)n1. The molecule has 16 heavy (non-hydrogen) atoms. The largest absolute Gasteiger partial charge is 0.481 e. The summed E-state index contributed by atoms with van der Waals surface area (Å²) in [4.78, 5) is 10.6. The molecule has 0 saturated carbocycles. The topological polar surface area (TPSA) is 64.3 Å². The van der Waals surface area contributed by atoms with Crippen molar-refractivity contribution in [2.75, 3.05) is 31.6 Å². The molecule has 1 rings (SSSR count). The van der Waals surface area contributed by atoms with E-state index in [1.807, 2.05) is 0 Å². The van der Waals surface area contributed by atoms with E-state index in [4.69, 9.17) is 10.5 Å². The lowest BCUT2D eigenvalue weighted by molar-refractivity contribution is 0.396. The normalized spacial score (nSPS) is 10.2. The van der Waals surface area contributed by atoms with Gasteiger partial charge >= 0.3 is 0 Å². The third kappa shape index (κ3) is 3.66. The number of aromatic nitrogens is 2. The van der Waals surface area contributed by atoms with E-state index >= 15 is 0 Å². The van der Waals surface area contributed by atoms with Gasteiger partial charge in [-0.25, -0.2) is 4.98 Å². The molecule has 90 valence electrons. The van der Waals surface area contributed by atoms with Crippen molar-refractivity contribution < 1.29 is 4.74 Å². The lowest BCUT2D eigenvalue weighted by Crippen LogP contribution is -2.31. The first kappa shape index (κ1) is 12.7. The monoisotopic (exact) mass is 224 g/mol. The van der Waals surface area contributed by atoms with Crippen molar-refractivity contribution in [1.29, 1.82) is 0 Å². The molecule has 0 radical (unpaired) electrons. The smallest absolute Gasteiger partial charge is 0.228 e. The van der Waals surface area contributed by atoms with E-state index in [1.54, 1.807) is 19.4 Å². The number of nitrogens with zero attached hydrogens (tertiary/aromatic N) is 3. The molecular formula is C11H20N4O. The van der Waals surface area contributed by atoms with E-state index < -0.39 is 0 Å². The van der Waals surface area contributed by atoms with Crippen molar-refractivity contribution in [2.24, 2.45) is 5.73 Å². The Morgan fingerprint density at radius 3 is 2.88 bits per heavy atom. The summed E-state index contributed by atoms with van der Waals surface area (Å²) in [5.74, 6) is 1.28. The number of rotatable bonds is 7. The van der Waals surface area contributed by atoms with Gasteiger partial charge in [0.25, 0.3) is 0 Å². The second-order valence-electron chi connectivity index (χ2n) is 3.53. The predicted octanol–water partition coefficient (Wildman–Crippen LogP) is 1.05. The minimum Gasteiger partial charge on any atom is -0.481 e. The Morgan fingerprint density at radius 1 is 1.44 bits per heavy atom. The molecule has 0 unspecified atom stereocenters. The zero-order valence-corrected chi connectivity index (χ0v) is 10.0. The summed E-state index contributed by atoms with van der Waals surface area (Å²) in [5, 5.41) is 0. The summed E-state index contributed by atoms with van der Waals surface area (Å²) in [5.41, 5.74) is 5.58. The highest BCUT2D eigenvalue weighted by molar-refractivity contribution is 5.31. The first-order valence-electron chi connectivity index (χ1n) is 5.63. The maximum absolute atomic E-state index is 5.58. The van der Waals surface area contributed by atoms with Crippen LogP contribution in [0.15, 0.2) is 12.3 Å². The zero-order chi connectivity index (χ0) is 11.8. The molecule has 5 heteroatoms.